The van der Waals surface area contributed by atoms with Gasteiger partial charge in [0.2, 0.25) is 0 Å². The highest BCUT2D eigenvalue weighted by Crippen LogP contribution is 2.09. The molecule has 0 aliphatic carbocycles. The van der Waals surface area contributed by atoms with Crippen LogP contribution in [-0.4, -0.2) is 23.8 Å². The Balaban J connectivity index is 2.31. The van der Waals surface area contributed by atoms with Gasteiger partial charge < -0.3 is 15.7 Å². The van der Waals surface area contributed by atoms with Crippen LogP contribution < -0.4 is 10.6 Å². The number of urea groups is 1. The molecule has 0 aliphatic rings. The maximum Gasteiger partial charge on any atom is 0.315 e. The second kappa shape index (κ2) is 7.85. The number of aliphatic hydroxyl groups excluding tert-OH is 1. The summed E-state index contributed by atoms with van der Waals surface area (Å²) in [6.07, 6.45) is 0.286. The Bertz CT molecular complexity index is 449. The topological polar surface area (TPSA) is 61.4 Å². The van der Waals surface area contributed by atoms with Gasteiger partial charge in [0, 0.05) is 13.1 Å². The van der Waals surface area contributed by atoms with Crippen LogP contribution in [-0.2, 0) is 6.54 Å². The van der Waals surface area contributed by atoms with E-state index in [0.717, 1.165) is 5.56 Å². The number of aryl methyl sites for hydroxylation is 1. The molecule has 2 atom stereocenters. The van der Waals surface area contributed by atoms with Gasteiger partial charge in [-0.25, -0.2) is 9.18 Å². The second-order valence-corrected chi connectivity index (χ2v) is 5.34. The van der Waals surface area contributed by atoms with Crippen molar-refractivity contribution in [2.75, 3.05) is 6.54 Å². The van der Waals surface area contributed by atoms with Gasteiger partial charge in [-0.15, -0.1) is 0 Å². The molecule has 1 aromatic carbocycles. The van der Waals surface area contributed by atoms with E-state index < -0.39 is 0 Å². The maximum absolute atomic E-state index is 13.1. The lowest BCUT2D eigenvalue weighted by atomic mass is 10.1. The Morgan fingerprint density at radius 2 is 2.05 bits per heavy atom. The molecule has 112 valence electrons. The molecule has 0 spiro atoms. The predicted octanol–water partition coefficient (Wildman–Crippen LogP) is 2.34. The Morgan fingerprint density at radius 3 is 2.65 bits per heavy atom. The van der Waals surface area contributed by atoms with Crippen molar-refractivity contribution in [1.82, 2.24) is 10.6 Å². The lowest BCUT2D eigenvalue weighted by molar-refractivity contribution is 0.163. The summed E-state index contributed by atoms with van der Waals surface area (Å²) in [6.45, 7) is 6.26. The molecular formula is C15H23FN2O2. The number of halogens is 1. The highest BCUT2D eigenvalue weighted by molar-refractivity contribution is 5.73. The third-order valence-corrected chi connectivity index (χ3v) is 3.03. The van der Waals surface area contributed by atoms with Crippen molar-refractivity contribution in [2.45, 2.75) is 39.8 Å². The summed E-state index contributed by atoms with van der Waals surface area (Å²) >= 11 is 0. The molecule has 0 saturated heterocycles. The molecule has 0 heterocycles. The quantitative estimate of drug-likeness (QED) is 0.750. The molecule has 1 rings (SSSR count). The summed E-state index contributed by atoms with van der Waals surface area (Å²) in [7, 11) is 0. The van der Waals surface area contributed by atoms with Crippen LogP contribution in [0.3, 0.4) is 0 Å². The zero-order valence-electron chi connectivity index (χ0n) is 12.2. The van der Waals surface area contributed by atoms with Gasteiger partial charge in [0.25, 0.3) is 0 Å². The summed E-state index contributed by atoms with van der Waals surface area (Å²) in [6, 6.07) is 4.50. The summed E-state index contributed by atoms with van der Waals surface area (Å²) < 4.78 is 13.1. The molecule has 0 bridgehead atoms. The van der Waals surface area contributed by atoms with E-state index in [2.05, 4.69) is 10.6 Å². The van der Waals surface area contributed by atoms with E-state index in [0.29, 0.717) is 25.1 Å². The molecule has 5 heteroatoms. The van der Waals surface area contributed by atoms with Crippen LogP contribution in [0.15, 0.2) is 18.2 Å². The summed E-state index contributed by atoms with van der Waals surface area (Å²) in [4.78, 5) is 11.6. The number of aliphatic hydroxyl groups is 1. The minimum atomic E-state index is -0.364. The van der Waals surface area contributed by atoms with Crippen molar-refractivity contribution in [3.05, 3.63) is 35.1 Å². The van der Waals surface area contributed by atoms with Gasteiger partial charge in [-0.3, -0.25) is 0 Å². The number of rotatable bonds is 6. The number of benzene rings is 1. The van der Waals surface area contributed by atoms with Gasteiger partial charge in [0.1, 0.15) is 5.82 Å². The Labute approximate surface area is 119 Å². The number of amides is 2. The lowest BCUT2D eigenvalue weighted by Crippen LogP contribution is -2.37. The van der Waals surface area contributed by atoms with Crippen LogP contribution in [0.4, 0.5) is 9.18 Å². The minimum absolute atomic E-state index is 0.216. The average Bonchev–Trinajstić information content (AvgIpc) is 2.37. The molecular weight excluding hydrogens is 259 g/mol. The van der Waals surface area contributed by atoms with Gasteiger partial charge in [0.15, 0.2) is 0 Å². The Kier molecular flexibility index (Phi) is 6.45. The largest absolute Gasteiger partial charge is 0.393 e. The number of carbonyl (C=O) groups is 1. The number of hydrogen-bond acceptors (Lipinski definition) is 2. The molecule has 2 amide bonds. The van der Waals surface area contributed by atoms with Gasteiger partial charge in [-0.1, -0.05) is 19.1 Å². The molecule has 0 aromatic heterocycles. The van der Waals surface area contributed by atoms with E-state index in [1.807, 2.05) is 6.92 Å². The highest BCUT2D eigenvalue weighted by atomic mass is 19.1. The molecule has 0 aliphatic heterocycles. The van der Waals surface area contributed by atoms with E-state index in [9.17, 15) is 14.3 Å². The molecule has 0 fully saturated rings. The zero-order valence-corrected chi connectivity index (χ0v) is 12.2. The summed E-state index contributed by atoms with van der Waals surface area (Å²) in [5.74, 6) is -0.0287. The van der Waals surface area contributed by atoms with Crippen molar-refractivity contribution in [3.63, 3.8) is 0 Å². The Morgan fingerprint density at radius 1 is 1.35 bits per heavy atom. The van der Waals surface area contributed by atoms with E-state index in [4.69, 9.17) is 0 Å². The van der Waals surface area contributed by atoms with E-state index in [-0.39, 0.29) is 23.9 Å². The average molecular weight is 282 g/mol. The van der Waals surface area contributed by atoms with Crippen LogP contribution in [0.2, 0.25) is 0 Å². The number of hydrogen-bond donors (Lipinski definition) is 3. The Hall–Kier alpha value is -1.62. The highest BCUT2D eigenvalue weighted by Gasteiger charge is 2.08. The van der Waals surface area contributed by atoms with Gasteiger partial charge >= 0.3 is 6.03 Å². The van der Waals surface area contributed by atoms with Gasteiger partial charge in [-0.05, 0) is 43.4 Å². The first-order chi connectivity index (χ1) is 9.38. The fourth-order valence-electron chi connectivity index (χ4n) is 1.99. The fourth-order valence-corrected chi connectivity index (χ4v) is 1.99. The SMILES string of the molecule is Cc1cc(CNC(=O)NCC(C)CC(C)O)ccc1F. The van der Waals surface area contributed by atoms with Gasteiger partial charge in [-0.2, -0.15) is 0 Å². The van der Waals surface area contributed by atoms with Crippen molar-refractivity contribution in [2.24, 2.45) is 5.92 Å². The number of carbonyl (C=O) groups excluding carboxylic acids is 1. The van der Waals surface area contributed by atoms with Crippen LogP contribution in [0.5, 0.6) is 0 Å². The fraction of sp³-hybridized carbons (Fsp3) is 0.533. The normalized spacial score (nSPS) is 13.7. The second-order valence-electron chi connectivity index (χ2n) is 5.34. The van der Waals surface area contributed by atoms with Crippen molar-refractivity contribution >= 4 is 6.03 Å². The zero-order chi connectivity index (χ0) is 15.1. The van der Waals surface area contributed by atoms with Crippen LogP contribution in [0, 0.1) is 18.7 Å². The monoisotopic (exact) mass is 282 g/mol. The first-order valence-corrected chi connectivity index (χ1v) is 6.83. The van der Waals surface area contributed by atoms with Crippen LogP contribution in [0.25, 0.3) is 0 Å². The van der Waals surface area contributed by atoms with Gasteiger partial charge in [0.05, 0.1) is 6.10 Å². The minimum Gasteiger partial charge on any atom is -0.393 e. The summed E-state index contributed by atoms with van der Waals surface area (Å²) in [5.41, 5.74) is 1.42. The molecule has 20 heavy (non-hydrogen) atoms. The van der Waals surface area contributed by atoms with Crippen LogP contribution in [0.1, 0.15) is 31.4 Å². The standard InChI is InChI=1S/C15H23FN2O2/c1-10(6-12(3)19)8-17-15(20)18-9-13-4-5-14(16)11(2)7-13/h4-5,7,10,12,19H,6,8-9H2,1-3H3,(H2,17,18,20). The third kappa shape index (κ3) is 6.02. The van der Waals surface area contributed by atoms with E-state index in [1.165, 1.54) is 6.07 Å². The third-order valence-electron chi connectivity index (χ3n) is 3.03. The molecule has 0 radical (unpaired) electrons. The predicted molar refractivity (Wildman–Crippen MR) is 76.8 cm³/mol. The molecule has 2 unspecified atom stereocenters. The van der Waals surface area contributed by atoms with E-state index >= 15 is 0 Å². The first kappa shape index (κ1) is 16.4. The number of nitrogens with one attached hydrogen (secondary N) is 2. The molecule has 4 nitrogen and oxygen atoms in total. The first-order valence-electron chi connectivity index (χ1n) is 6.83. The molecule has 1 aromatic rings. The summed E-state index contributed by atoms with van der Waals surface area (Å²) in [5, 5.41) is 14.7. The van der Waals surface area contributed by atoms with Crippen molar-refractivity contribution in [3.8, 4) is 0 Å². The van der Waals surface area contributed by atoms with Crippen LogP contribution >= 0.6 is 0 Å². The maximum atomic E-state index is 13.1. The lowest BCUT2D eigenvalue weighted by Gasteiger charge is -2.14. The molecule has 3 N–H and O–H groups in total. The van der Waals surface area contributed by atoms with Crippen molar-refractivity contribution in [1.29, 1.82) is 0 Å². The van der Waals surface area contributed by atoms with Crippen molar-refractivity contribution < 1.29 is 14.3 Å². The smallest absolute Gasteiger partial charge is 0.315 e. The van der Waals surface area contributed by atoms with E-state index in [1.54, 1.807) is 26.0 Å². The molecule has 0 saturated carbocycles.